The number of phenols is 1. The molecule has 0 heterocycles. The molecule has 0 aliphatic rings. The molecule has 2 aromatic rings. The van der Waals surface area contributed by atoms with Crippen molar-refractivity contribution in [2.24, 2.45) is 0 Å². The van der Waals surface area contributed by atoms with Crippen LogP contribution >= 0.6 is 23.4 Å². The average Bonchev–Trinajstić information content (AvgIpc) is 2.39. The van der Waals surface area contributed by atoms with Crippen molar-refractivity contribution in [1.82, 2.24) is 0 Å². The fourth-order valence-corrected chi connectivity index (χ4v) is 2.62. The van der Waals surface area contributed by atoms with Gasteiger partial charge in [-0.3, -0.25) is 4.79 Å². The molecule has 0 saturated carbocycles. The first-order valence-electron chi connectivity index (χ1n) is 5.77. The third-order valence-electron chi connectivity index (χ3n) is 2.69. The van der Waals surface area contributed by atoms with E-state index in [1.165, 1.54) is 6.92 Å². The van der Waals surface area contributed by atoms with Crippen LogP contribution in [0.3, 0.4) is 0 Å². The standard InChI is InChI=1S/C15H13ClO2S/c1-10(17)11-2-7-15(18)12(8-11)9-19-14-5-3-13(16)4-6-14/h2-8,18H,9H2,1H3. The second-order valence-corrected chi connectivity index (χ2v) is 5.63. The molecule has 0 unspecified atom stereocenters. The molecule has 2 aromatic carbocycles. The van der Waals surface area contributed by atoms with Crippen LogP contribution in [0.25, 0.3) is 0 Å². The Hall–Kier alpha value is -1.45. The van der Waals surface area contributed by atoms with Gasteiger partial charge >= 0.3 is 0 Å². The highest BCUT2D eigenvalue weighted by Gasteiger charge is 2.06. The van der Waals surface area contributed by atoms with Gasteiger partial charge in [0.2, 0.25) is 0 Å². The minimum Gasteiger partial charge on any atom is -0.508 e. The highest BCUT2D eigenvalue weighted by molar-refractivity contribution is 7.98. The molecular weight excluding hydrogens is 280 g/mol. The zero-order valence-electron chi connectivity index (χ0n) is 10.4. The summed E-state index contributed by atoms with van der Waals surface area (Å²) < 4.78 is 0. The maximum atomic E-state index is 11.3. The van der Waals surface area contributed by atoms with Crippen molar-refractivity contribution >= 4 is 29.1 Å². The number of Topliss-reactive ketones (excluding diaryl/α,β-unsaturated/α-hetero) is 1. The lowest BCUT2D eigenvalue weighted by atomic mass is 10.1. The molecule has 0 radical (unpaired) electrons. The Morgan fingerprint density at radius 2 is 1.89 bits per heavy atom. The number of halogens is 1. The van der Waals surface area contributed by atoms with Crippen LogP contribution in [0.2, 0.25) is 5.02 Å². The zero-order valence-corrected chi connectivity index (χ0v) is 12.0. The first kappa shape index (κ1) is 14.0. The fraction of sp³-hybridized carbons (Fsp3) is 0.133. The first-order valence-corrected chi connectivity index (χ1v) is 7.14. The monoisotopic (exact) mass is 292 g/mol. The normalized spacial score (nSPS) is 10.4. The molecule has 1 N–H and O–H groups in total. The van der Waals surface area contributed by atoms with Gasteiger partial charge in [0.1, 0.15) is 5.75 Å². The summed E-state index contributed by atoms with van der Waals surface area (Å²) in [5.41, 5.74) is 1.37. The van der Waals surface area contributed by atoms with E-state index in [4.69, 9.17) is 11.6 Å². The van der Waals surface area contributed by atoms with Gasteiger partial charge < -0.3 is 5.11 Å². The Morgan fingerprint density at radius 3 is 2.53 bits per heavy atom. The van der Waals surface area contributed by atoms with Crippen molar-refractivity contribution < 1.29 is 9.90 Å². The Labute approximate surface area is 121 Å². The molecule has 0 aliphatic carbocycles. The van der Waals surface area contributed by atoms with E-state index in [2.05, 4.69) is 0 Å². The van der Waals surface area contributed by atoms with Crippen LogP contribution in [0, 0.1) is 0 Å². The number of carbonyl (C=O) groups is 1. The van der Waals surface area contributed by atoms with Crippen LogP contribution in [0.1, 0.15) is 22.8 Å². The second-order valence-electron chi connectivity index (χ2n) is 4.14. The van der Waals surface area contributed by atoms with Crippen LogP contribution < -0.4 is 0 Å². The van der Waals surface area contributed by atoms with Gasteiger partial charge in [-0.1, -0.05) is 11.6 Å². The van der Waals surface area contributed by atoms with E-state index in [0.717, 1.165) is 10.5 Å². The van der Waals surface area contributed by atoms with Gasteiger partial charge in [0.25, 0.3) is 0 Å². The van der Waals surface area contributed by atoms with E-state index in [0.29, 0.717) is 16.3 Å². The van der Waals surface area contributed by atoms with Crippen LogP contribution in [0.5, 0.6) is 5.75 Å². The van der Waals surface area contributed by atoms with E-state index < -0.39 is 0 Å². The molecule has 19 heavy (non-hydrogen) atoms. The van der Waals surface area contributed by atoms with Crippen molar-refractivity contribution in [3.63, 3.8) is 0 Å². The first-order chi connectivity index (χ1) is 9.06. The molecule has 0 aliphatic heterocycles. The minimum absolute atomic E-state index is 0.00209. The highest BCUT2D eigenvalue weighted by Crippen LogP contribution is 2.29. The molecule has 0 spiro atoms. The Morgan fingerprint density at radius 1 is 1.21 bits per heavy atom. The summed E-state index contributed by atoms with van der Waals surface area (Å²) in [6.45, 7) is 1.52. The summed E-state index contributed by atoms with van der Waals surface area (Å²) in [6, 6.07) is 12.5. The van der Waals surface area contributed by atoms with Crippen molar-refractivity contribution in [1.29, 1.82) is 0 Å². The number of hydrogen-bond donors (Lipinski definition) is 1. The third-order valence-corrected chi connectivity index (χ3v) is 4.01. The van der Waals surface area contributed by atoms with E-state index in [9.17, 15) is 9.90 Å². The number of benzene rings is 2. The molecule has 0 atom stereocenters. The van der Waals surface area contributed by atoms with Crippen LogP contribution in [-0.2, 0) is 5.75 Å². The van der Waals surface area contributed by atoms with Gasteiger partial charge in [-0.15, -0.1) is 11.8 Å². The van der Waals surface area contributed by atoms with E-state index in [1.54, 1.807) is 30.0 Å². The van der Waals surface area contributed by atoms with Crippen LogP contribution in [0.4, 0.5) is 0 Å². The molecule has 2 nitrogen and oxygen atoms in total. The molecule has 0 bridgehead atoms. The van der Waals surface area contributed by atoms with E-state index >= 15 is 0 Å². The largest absolute Gasteiger partial charge is 0.508 e. The maximum absolute atomic E-state index is 11.3. The molecular formula is C15H13ClO2S. The van der Waals surface area contributed by atoms with Gasteiger partial charge in [-0.05, 0) is 49.4 Å². The lowest BCUT2D eigenvalue weighted by Gasteiger charge is -2.06. The van der Waals surface area contributed by atoms with Crippen LogP contribution in [-0.4, -0.2) is 10.9 Å². The number of ketones is 1. The van der Waals surface area contributed by atoms with Gasteiger partial charge in [0.05, 0.1) is 0 Å². The number of thioether (sulfide) groups is 1. The third kappa shape index (κ3) is 3.75. The molecule has 0 saturated heterocycles. The molecule has 4 heteroatoms. The topological polar surface area (TPSA) is 37.3 Å². The second kappa shape index (κ2) is 6.13. The van der Waals surface area contributed by atoms with Crippen LogP contribution in [0.15, 0.2) is 47.4 Å². The number of carbonyl (C=O) groups excluding carboxylic acids is 1. The van der Waals surface area contributed by atoms with Crippen molar-refractivity contribution in [2.75, 3.05) is 0 Å². The molecule has 98 valence electrons. The quantitative estimate of drug-likeness (QED) is 0.664. The number of hydrogen-bond acceptors (Lipinski definition) is 3. The predicted molar refractivity (Wildman–Crippen MR) is 79.1 cm³/mol. The van der Waals surface area contributed by atoms with Crippen molar-refractivity contribution in [3.8, 4) is 5.75 Å². The SMILES string of the molecule is CC(=O)c1ccc(O)c(CSc2ccc(Cl)cc2)c1. The number of phenolic OH excluding ortho intramolecular Hbond substituents is 1. The number of aromatic hydroxyl groups is 1. The van der Waals surface area contributed by atoms with Gasteiger partial charge in [-0.25, -0.2) is 0 Å². The summed E-state index contributed by atoms with van der Waals surface area (Å²) in [7, 11) is 0. The van der Waals surface area contributed by atoms with E-state index in [1.807, 2.05) is 24.3 Å². The van der Waals surface area contributed by atoms with Crippen molar-refractivity contribution in [2.45, 2.75) is 17.6 Å². The average molecular weight is 293 g/mol. The predicted octanol–water partition coefficient (Wildman–Crippen LogP) is 4.54. The minimum atomic E-state index is -0.00209. The fourth-order valence-electron chi connectivity index (χ4n) is 1.61. The Balaban J connectivity index is 2.12. The Bertz CT molecular complexity index is 594. The highest BCUT2D eigenvalue weighted by atomic mass is 35.5. The number of rotatable bonds is 4. The summed E-state index contributed by atoms with van der Waals surface area (Å²) in [5.74, 6) is 0.818. The Kier molecular flexibility index (Phi) is 4.51. The molecule has 0 fully saturated rings. The smallest absolute Gasteiger partial charge is 0.159 e. The lowest BCUT2D eigenvalue weighted by molar-refractivity contribution is 0.101. The van der Waals surface area contributed by atoms with Gasteiger partial charge in [0.15, 0.2) is 5.78 Å². The van der Waals surface area contributed by atoms with Gasteiger partial charge in [-0.2, -0.15) is 0 Å². The summed E-state index contributed by atoms with van der Waals surface area (Å²) in [4.78, 5) is 12.4. The summed E-state index contributed by atoms with van der Waals surface area (Å²) in [5, 5.41) is 10.5. The summed E-state index contributed by atoms with van der Waals surface area (Å²) >= 11 is 7.41. The maximum Gasteiger partial charge on any atom is 0.159 e. The van der Waals surface area contributed by atoms with E-state index in [-0.39, 0.29) is 11.5 Å². The molecule has 0 amide bonds. The molecule has 0 aromatic heterocycles. The molecule has 2 rings (SSSR count). The van der Waals surface area contributed by atoms with Crippen molar-refractivity contribution in [3.05, 3.63) is 58.6 Å². The zero-order chi connectivity index (χ0) is 13.8. The lowest BCUT2D eigenvalue weighted by Crippen LogP contribution is -1.93. The summed E-state index contributed by atoms with van der Waals surface area (Å²) in [6.07, 6.45) is 0. The van der Waals surface area contributed by atoms with Gasteiger partial charge in [0, 0.05) is 26.8 Å².